The van der Waals surface area contributed by atoms with Crippen molar-refractivity contribution in [2.45, 2.75) is 31.6 Å². The second kappa shape index (κ2) is 6.73. The van der Waals surface area contributed by atoms with Crippen LogP contribution in [0.4, 0.5) is 8.78 Å². The lowest BCUT2D eigenvalue weighted by Gasteiger charge is -2.20. The molecule has 1 N–H and O–H groups in total. The highest BCUT2D eigenvalue weighted by Crippen LogP contribution is 2.22. The third-order valence-electron chi connectivity index (χ3n) is 2.78. The molecule has 5 heteroatoms. The maximum absolute atomic E-state index is 13.6. The van der Waals surface area contributed by atoms with E-state index >= 15 is 0 Å². The molecule has 0 aromatic heterocycles. The monoisotopic (exact) mass is 273 g/mol. The van der Waals surface area contributed by atoms with Crippen LogP contribution in [-0.2, 0) is 4.79 Å². The molecular weight excluding hydrogens is 256 g/mol. The van der Waals surface area contributed by atoms with Crippen LogP contribution in [-0.4, -0.2) is 17.4 Å². The summed E-state index contributed by atoms with van der Waals surface area (Å²) in [5.41, 5.74) is 0.194. The topological polar surface area (TPSA) is 29.1 Å². The van der Waals surface area contributed by atoms with Gasteiger partial charge in [-0.3, -0.25) is 4.79 Å². The van der Waals surface area contributed by atoms with Crippen LogP contribution < -0.4 is 5.32 Å². The average molecular weight is 273 g/mol. The first-order valence-corrected chi connectivity index (χ1v) is 7.06. The fraction of sp³-hybridized carbons (Fsp3) is 0.462. The van der Waals surface area contributed by atoms with Crippen LogP contribution in [0.15, 0.2) is 18.2 Å². The molecule has 2 atom stereocenters. The van der Waals surface area contributed by atoms with Crippen molar-refractivity contribution in [2.75, 3.05) is 6.26 Å². The Morgan fingerprint density at radius 2 is 2.11 bits per heavy atom. The fourth-order valence-corrected chi connectivity index (χ4v) is 1.86. The number of halogens is 2. The first kappa shape index (κ1) is 15.0. The predicted octanol–water partition coefficient (Wildman–Crippen LogP) is 3.28. The number of carbonyl (C=O) groups is 1. The minimum atomic E-state index is -0.503. The van der Waals surface area contributed by atoms with Gasteiger partial charge in [-0.05, 0) is 37.8 Å². The first-order chi connectivity index (χ1) is 8.49. The summed E-state index contributed by atoms with van der Waals surface area (Å²) >= 11 is 1.41. The minimum Gasteiger partial charge on any atom is -0.348 e. The van der Waals surface area contributed by atoms with Crippen LogP contribution in [0.25, 0.3) is 0 Å². The second-order valence-corrected chi connectivity index (χ2v) is 5.19. The van der Waals surface area contributed by atoms with E-state index in [1.807, 2.05) is 13.2 Å². The van der Waals surface area contributed by atoms with E-state index in [0.717, 1.165) is 18.2 Å². The quantitative estimate of drug-likeness (QED) is 0.892. The van der Waals surface area contributed by atoms with Gasteiger partial charge in [0, 0.05) is 5.56 Å². The Morgan fingerprint density at radius 3 is 2.67 bits per heavy atom. The minimum absolute atomic E-state index is 0.169. The number of hydrogen-bond acceptors (Lipinski definition) is 2. The molecule has 0 radical (unpaired) electrons. The molecular formula is C13H17F2NOS. The Balaban J connectivity index is 2.89. The summed E-state index contributed by atoms with van der Waals surface area (Å²) < 4.78 is 26.7. The lowest BCUT2D eigenvalue weighted by molar-refractivity contribution is -0.121. The van der Waals surface area contributed by atoms with Crippen molar-refractivity contribution in [1.82, 2.24) is 5.32 Å². The molecule has 1 aromatic carbocycles. The van der Waals surface area contributed by atoms with Crippen molar-refractivity contribution in [3.05, 3.63) is 35.4 Å². The highest BCUT2D eigenvalue weighted by atomic mass is 32.2. The SMILES string of the molecule is CC[C@H](NC(=O)[C@@H](C)SC)c1cc(F)ccc1F. The van der Waals surface area contributed by atoms with E-state index in [9.17, 15) is 13.6 Å². The number of thioether (sulfide) groups is 1. The maximum atomic E-state index is 13.6. The summed E-state index contributed by atoms with van der Waals surface area (Å²) in [6.45, 7) is 3.59. The molecule has 0 unspecified atom stereocenters. The molecule has 1 rings (SSSR count). The Morgan fingerprint density at radius 1 is 1.44 bits per heavy atom. The molecule has 0 bridgehead atoms. The van der Waals surface area contributed by atoms with Gasteiger partial charge in [0.2, 0.25) is 5.91 Å². The molecule has 0 fully saturated rings. The normalized spacial score (nSPS) is 14.1. The van der Waals surface area contributed by atoms with E-state index < -0.39 is 17.7 Å². The Labute approximate surface area is 110 Å². The van der Waals surface area contributed by atoms with Gasteiger partial charge in [0.05, 0.1) is 11.3 Å². The smallest absolute Gasteiger partial charge is 0.233 e. The van der Waals surface area contributed by atoms with Gasteiger partial charge in [-0.15, -0.1) is 0 Å². The Bertz CT molecular complexity index is 425. The van der Waals surface area contributed by atoms with Gasteiger partial charge in [0.25, 0.3) is 0 Å². The van der Waals surface area contributed by atoms with Gasteiger partial charge in [0.1, 0.15) is 11.6 Å². The molecule has 0 saturated heterocycles. The lowest BCUT2D eigenvalue weighted by Crippen LogP contribution is -2.34. The standard InChI is InChI=1S/C13H17F2NOS/c1-4-12(16-13(17)8(2)18-3)10-7-9(14)5-6-11(10)15/h5-8,12H,4H2,1-3H3,(H,16,17)/t8-,12+/m1/s1. The highest BCUT2D eigenvalue weighted by Gasteiger charge is 2.20. The van der Waals surface area contributed by atoms with E-state index in [2.05, 4.69) is 5.32 Å². The number of hydrogen-bond donors (Lipinski definition) is 1. The molecule has 0 saturated carbocycles. The molecule has 0 aliphatic carbocycles. The summed E-state index contributed by atoms with van der Waals surface area (Å²) in [6.07, 6.45) is 2.33. The van der Waals surface area contributed by atoms with E-state index in [4.69, 9.17) is 0 Å². The second-order valence-electron chi connectivity index (χ2n) is 4.01. The van der Waals surface area contributed by atoms with Gasteiger partial charge in [-0.2, -0.15) is 11.8 Å². The zero-order valence-electron chi connectivity index (χ0n) is 10.7. The third-order valence-corrected chi connectivity index (χ3v) is 3.70. The molecule has 0 spiro atoms. The number of benzene rings is 1. The van der Waals surface area contributed by atoms with Crippen molar-refractivity contribution in [1.29, 1.82) is 0 Å². The molecule has 0 aliphatic rings. The summed E-state index contributed by atoms with van der Waals surface area (Å²) in [7, 11) is 0. The predicted molar refractivity (Wildman–Crippen MR) is 70.5 cm³/mol. The number of nitrogens with one attached hydrogen (secondary N) is 1. The first-order valence-electron chi connectivity index (χ1n) is 5.77. The van der Waals surface area contributed by atoms with Crippen LogP contribution in [0.2, 0.25) is 0 Å². The Kier molecular flexibility index (Phi) is 5.59. The van der Waals surface area contributed by atoms with Crippen molar-refractivity contribution >= 4 is 17.7 Å². The largest absolute Gasteiger partial charge is 0.348 e. The fourth-order valence-electron chi connectivity index (χ4n) is 1.58. The van der Waals surface area contributed by atoms with Gasteiger partial charge in [-0.1, -0.05) is 6.92 Å². The van der Waals surface area contributed by atoms with Crippen molar-refractivity contribution in [2.24, 2.45) is 0 Å². The molecule has 0 aliphatic heterocycles. The van der Waals surface area contributed by atoms with E-state index in [0.29, 0.717) is 6.42 Å². The number of carbonyl (C=O) groups excluding carboxylic acids is 1. The van der Waals surface area contributed by atoms with Crippen LogP contribution in [0.3, 0.4) is 0 Å². The van der Waals surface area contributed by atoms with Crippen LogP contribution >= 0.6 is 11.8 Å². The van der Waals surface area contributed by atoms with E-state index in [-0.39, 0.29) is 16.7 Å². The molecule has 18 heavy (non-hydrogen) atoms. The molecule has 0 heterocycles. The van der Waals surface area contributed by atoms with E-state index in [1.165, 1.54) is 11.8 Å². The lowest BCUT2D eigenvalue weighted by atomic mass is 10.0. The molecule has 1 amide bonds. The maximum Gasteiger partial charge on any atom is 0.233 e. The van der Waals surface area contributed by atoms with Crippen molar-refractivity contribution < 1.29 is 13.6 Å². The van der Waals surface area contributed by atoms with Gasteiger partial charge in [-0.25, -0.2) is 8.78 Å². The third kappa shape index (κ3) is 3.70. The summed E-state index contributed by atoms with van der Waals surface area (Å²) in [5, 5.41) is 2.52. The summed E-state index contributed by atoms with van der Waals surface area (Å²) in [5.74, 6) is -1.17. The molecule has 100 valence electrons. The van der Waals surface area contributed by atoms with Gasteiger partial charge in [0.15, 0.2) is 0 Å². The van der Waals surface area contributed by atoms with Crippen molar-refractivity contribution in [3.8, 4) is 0 Å². The van der Waals surface area contributed by atoms with Crippen molar-refractivity contribution in [3.63, 3.8) is 0 Å². The number of rotatable bonds is 5. The zero-order chi connectivity index (χ0) is 13.7. The molecule has 2 nitrogen and oxygen atoms in total. The average Bonchev–Trinajstić information content (AvgIpc) is 2.37. The highest BCUT2D eigenvalue weighted by molar-refractivity contribution is 7.99. The number of amides is 1. The van der Waals surface area contributed by atoms with Crippen LogP contribution in [0, 0.1) is 11.6 Å². The van der Waals surface area contributed by atoms with Crippen LogP contribution in [0.5, 0.6) is 0 Å². The van der Waals surface area contributed by atoms with Gasteiger partial charge >= 0.3 is 0 Å². The molecule has 1 aromatic rings. The summed E-state index contributed by atoms with van der Waals surface area (Å²) in [4.78, 5) is 11.8. The Hall–Kier alpha value is -1.10. The van der Waals surface area contributed by atoms with Gasteiger partial charge < -0.3 is 5.32 Å². The zero-order valence-corrected chi connectivity index (χ0v) is 11.5. The summed E-state index contributed by atoms with van der Waals surface area (Å²) in [6, 6.07) is 2.78. The van der Waals surface area contributed by atoms with Crippen LogP contribution in [0.1, 0.15) is 31.9 Å². The van der Waals surface area contributed by atoms with E-state index in [1.54, 1.807) is 6.92 Å².